The second-order valence-corrected chi connectivity index (χ2v) is 7.57. The van der Waals surface area contributed by atoms with E-state index in [0.29, 0.717) is 17.4 Å². The number of carbonyl (C=O) groups is 2. The molecule has 2 aromatic heterocycles. The Balaban J connectivity index is 1.33. The molecule has 9 heteroatoms. The third-order valence-electron chi connectivity index (χ3n) is 4.71. The average molecular weight is 388 g/mol. The Labute approximate surface area is 162 Å². The smallest absolute Gasteiger partial charge is 0.271 e. The monoisotopic (exact) mass is 388 g/mol. The Morgan fingerprint density at radius 2 is 2.04 bits per heavy atom. The van der Waals surface area contributed by atoms with E-state index in [1.165, 1.54) is 29.9 Å². The van der Waals surface area contributed by atoms with Crippen LogP contribution < -0.4 is 16.4 Å². The van der Waals surface area contributed by atoms with Crippen LogP contribution in [0.2, 0.25) is 0 Å². The number of nitrogens with two attached hydrogens (primary N) is 1. The number of rotatable bonds is 7. The summed E-state index contributed by atoms with van der Waals surface area (Å²) < 4.78 is 0. The Morgan fingerprint density at radius 3 is 2.70 bits per heavy atom. The van der Waals surface area contributed by atoms with E-state index < -0.39 is 0 Å². The van der Waals surface area contributed by atoms with Crippen molar-refractivity contribution < 1.29 is 9.59 Å². The van der Waals surface area contributed by atoms with E-state index in [2.05, 4.69) is 25.6 Å². The minimum absolute atomic E-state index is 0.0181. The molecule has 144 valence electrons. The van der Waals surface area contributed by atoms with Crippen molar-refractivity contribution in [1.29, 1.82) is 0 Å². The van der Waals surface area contributed by atoms with Crippen molar-refractivity contribution in [3.05, 3.63) is 35.4 Å². The maximum Gasteiger partial charge on any atom is 0.271 e. The summed E-state index contributed by atoms with van der Waals surface area (Å²) in [6.07, 6.45) is 9.29. The number of carbonyl (C=O) groups excluding carboxylic acids is 2. The van der Waals surface area contributed by atoms with Gasteiger partial charge in [-0.1, -0.05) is 0 Å². The van der Waals surface area contributed by atoms with Crippen molar-refractivity contribution in [2.75, 3.05) is 12.3 Å². The fourth-order valence-corrected chi connectivity index (χ4v) is 3.84. The molecule has 0 aromatic carbocycles. The van der Waals surface area contributed by atoms with E-state index in [-0.39, 0.29) is 23.8 Å². The molecule has 0 radical (unpaired) electrons. The van der Waals surface area contributed by atoms with Crippen LogP contribution in [0.25, 0.3) is 0 Å². The Bertz CT molecular complexity index is 758. The molecular weight excluding hydrogens is 364 g/mol. The van der Waals surface area contributed by atoms with Crippen molar-refractivity contribution in [3.63, 3.8) is 0 Å². The van der Waals surface area contributed by atoms with Gasteiger partial charge in [-0.15, -0.1) is 11.3 Å². The van der Waals surface area contributed by atoms with Gasteiger partial charge >= 0.3 is 0 Å². The quantitative estimate of drug-likeness (QED) is 0.619. The molecule has 1 aliphatic rings. The van der Waals surface area contributed by atoms with Crippen molar-refractivity contribution >= 4 is 28.3 Å². The molecule has 1 saturated carbocycles. The van der Waals surface area contributed by atoms with Crippen LogP contribution in [0.1, 0.15) is 48.3 Å². The summed E-state index contributed by atoms with van der Waals surface area (Å²) in [6, 6.07) is 0.0821. The van der Waals surface area contributed by atoms with E-state index in [1.807, 2.05) is 5.38 Å². The summed E-state index contributed by atoms with van der Waals surface area (Å²) in [7, 11) is 0. The van der Waals surface area contributed by atoms with Crippen LogP contribution in [-0.2, 0) is 11.2 Å². The maximum atomic E-state index is 12.3. The molecule has 27 heavy (non-hydrogen) atoms. The number of aryl methyl sites for hydroxylation is 1. The first-order chi connectivity index (χ1) is 13.1. The molecule has 0 spiro atoms. The van der Waals surface area contributed by atoms with Crippen LogP contribution in [0.5, 0.6) is 0 Å². The lowest BCUT2D eigenvalue weighted by Gasteiger charge is -2.28. The first-order valence-electron chi connectivity index (χ1n) is 9.16. The summed E-state index contributed by atoms with van der Waals surface area (Å²) in [5, 5.41) is 8.52. The summed E-state index contributed by atoms with van der Waals surface area (Å²) in [6.45, 7) is 0.638. The van der Waals surface area contributed by atoms with Gasteiger partial charge in [0.2, 0.25) is 5.91 Å². The molecule has 3 rings (SSSR count). The third kappa shape index (κ3) is 5.72. The molecule has 4 N–H and O–H groups in total. The number of thiazole rings is 1. The SMILES string of the molecule is Nc1nc(CCCNC(=O)C2CCC(NC(=O)c3cnccn3)CC2)cs1. The number of amides is 2. The van der Waals surface area contributed by atoms with Gasteiger partial charge < -0.3 is 16.4 Å². The Hall–Kier alpha value is -2.55. The number of hydrogen-bond donors (Lipinski definition) is 3. The molecule has 0 aliphatic heterocycles. The van der Waals surface area contributed by atoms with E-state index in [9.17, 15) is 9.59 Å². The first-order valence-corrected chi connectivity index (χ1v) is 10.0. The van der Waals surface area contributed by atoms with Gasteiger partial charge in [0.05, 0.1) is 11.9 Å². The van der Waals surface area contributed by atoms with E-state index in [0.717, 1.165) is 44.2 Å². The minimum Gasteiger partial charge on any atom is -0.375 e. The number of nitrogen functional groups attached to an aromatic ring is 1. The molecule has 8 nitrogen and oxygen atoms in total. The van der Waals surface area contributed by atoms with Gasteiger partial charge in [-0.2, -0.15) is 0 Å². The highest BCUT2D eigenvalue weighted by Crippen LogP contribution is 2.24. The summed E-state index contributed by atoms with van der Waals surface area (Å²) in [5.74, 6) is -0.0882. The summed E-state index contributed by atoms with van der Waals surface area (Å²) >= 11 is 1.44. The molecule has 1 aliphatic carbocycles. The van der Waals surface area contributed by atoms with Crippen LogP contribution in [0.4, 0.5) is 5.13 Å². The van der Waals surface area contributed by atoms with Gasteiger partial charge in [0.15, 0.2) is 5.13 Å². The molecule has 0 unspecified atom stereocenters. The second kappa shape index (κ2) is 9.40. The standard InChI is InChI=1S/C18H24N6O2S/c19-18-24-14(11-27-18)2-1-7-22-16(25)12-3-5-13(6-4-12)23-17(26)15-10-20-8-9-21-15/h8-13H,1-7H2,(H2,19,24)(H,22,25)(H,23,26). The van der Waals surface area contributed by atoms with E-state index >= 15 is 0 Å². The van der Waals surface area contributed by atoms with Crippen LogP contribution in [-0.4, -0.2) is 39.4 Å². The predicted molar refractivity (Wildman–Crippen MR) is 103 cm³/mol. The zero-order valence-corrected chi connectivity index (χ0v) is 15.9. The van der Waals surface area contributed by atoms with Gasteiger partial charge in [0.1, 0.15) is 5.69 Å². The van der Waals surface area contributed by atoms with Crippen LogP contribution in [0.15, 0.2) is 24.0 Å². The Morgan fingerprint density at radius 1 is 1.22 bits per heavy atom. The third-order valence-corrected chi connectivity index (χ3v) is 5.43. The first kappa shape index (κ1) is 19.2. The van der Waals surface area contributed by atoms with Gasteiger partial charge in [-0.25, -0.2) is 9.97 Å². The normalized spacial score (nSPS) is 19.4. The molecule has 2 heterocycles. The minimum atomic E-state index is -0.210. The fourth-order valence-electron chi connectivity index (χ4n) is 3.24. The molecule has 0 bridgehead atoms. The number of nitrogens with one attached hydrogen (secondary N) is 2. The topological polar surface area (TPSA) is 123 Å². The molecule has 1 fully saturated rings. The van der Waals surface area contributed by atoms with Gasteiger partial charge in [-0.05, 0) is 38.5 Å². The van der Waals surface area contributed by atoms with E-state index in [4.69, 9.17) is 5.73 Å². The van der Waals surface area contributed by atoms with Crippen molar-refractivity contribution in [1.82, 2.24) is 25.6 Å². The van der Waals surface area contributed by atoms with Gasteiger partial charge in [0, 0.05) is 36.3 Å². The number of nitrogens with zero attached hydrogens (tertiary/aromatic N) is 3. The van der Waals surface area contributed by atoms with Crippen LogP contribution >= 0.6 is 11.3 Å². The predicted octanol–water partition coefficient (Wildman–Crippen LogP) is 1.55. The largest absolute Gasteiger partial charge is 0.375 e. The molecule has 2 amide bonds. The second-order valence-electron chi connectivity index (χ2n) is 6.68. The van der Waals surface area contributed by atoms with Crippen molar-refractivity contribution in [3.8, 4) is 0 Å². The molecule has 0 atom stereocenters. The zero-order valence-electron chi connectivity index (χ0n) is 15.1. The lowest BCUT2D eigenvalue weighted by atomic mass is 9.85. The highest BCUT2D eigenvalue weighted by Gasteiger charge is 2.27. The summed E-state index contributed by atoms with van der Waals surface area (Å²) in [4.78, 5) is 36.5. The maximum absolute atomic E-state index is 12.3. The number of aromatic nitrogens is 3. The van der Waals surface area contributed by atoms with E-state index in [1.54, 1.807) is 0 Å². The Kier molecular flexibility index (Phi) is 6.69. The van der Waals surface area contributed by atoms with Gasteiger partial charge in [-0.3, -0.25) is 14.6 Å². The lowest BCUT2D eigenvalue weighted by Crippen LogP contribution is -2.41. The lowest BCUT2D eigenvalue weighted by molar-refractivity contribution is -0.126. The highest BCUT2D eigenvalue weighted by atomic mass is 32.1. The summed E-state index contributed by atoms with van der Waals surface area (Å²) in [5.41, 5.74) is 6.90. The highest BCUT2D eigenvalue weighted by molar-refractivity contribution is 7.13. The zero-order chi connectivity index (χ0) is 19.1. The van der Waals surface area contributed by atoms with Crippen LogP contribution in [0.3, 0.4) is 0 Å². The fraction of sp³-hybridized carbons (Fsp3) is 0.500. The molecule has 2 aromatic rings. The number of anilines is 1. The average Bonchev–Trinajstić information content (AvgIpc) is 3.11. The van der Waals surface area contributed by atoms with Crippen molar-refractivity contribution in [2.45, 2.75) is 44.6 Å². The van der Waals surface area contributed by atoms with Crippen LogP contribution in [0, 0.1) is 5.92 Å². The molecular formula is C18H24N6O2S. The van der Waals surface area contributed by atoms with Crippen molar-refractivity contribution in [2.24, 2.45) is 5.92 Å². The molecule has 0 saturated heterocycles. The van der Waals surface area contributed by atoms with Gasteiger partial charge in [0.25, 0.3) is 5.91 Å². The number of hydrogen-bond acceptors (Lipinski definition) is 7.